The number of aryl methyl sites for hydroxylation is 1. The fraction of sp³-hybridized carbons (Fsp3) is 0.500. The van der Waals surface area contributed by atoms with Gasteiger partial charge in [-0.2, -0.15) is 0 Å². The number of hydrogen-bond acceptors (Lipinski definition) is 4. The van der Waals surface area contributed by atoms with E-state index in [0.29, 0.717) is 25.5 Å². The summed E-state index contributed by atoms with van der Waals surface area (Å²) in [4.78, 5) is 35.0. The number of rotatable bonds is 7. The van der Waals surface area contributed by atoms with Gasteiger partial charge in [0.2, 0.25) is 5.91 Å². The van der Waals surface area contributed by atoms with Crippen molar-refractivity contribution in [3.8, 4) is 0 Å². The lowest BCUT2D eigenvalue weighted by Gasteiger charge is -2.32. The molecule has 1 amide bonds. The number of piperidine rings is 1. The van der Waals surface area contributed by atoms with Crippen LogP contribution in [0.1, 0.15) is 30.3 Å². The van der Waals surface area contributed by atoms with Crippen LogP contribution in [0.25, 0.3) is 0 Å². The van der Waals surface area contributed by atoms with Gasteiger partial charge >= 0.3 is 0 Å². The standard InChI is InChI=1S/C18H26N4O2/c1-4-8-22(9-5-2)18(24)13-21-10-6-15(7-11-21)16-12-17(23)20-14(3)19-16/h4-5,12,15H,1-2,6-11,13H2,3H3,(H,19,20,23). The Morgan fingerprint density at radius 2 is 2.00 bits per heavy atom. The van der Waals surface area contributed by atoms with Crippen molar-refractivity contribution in [2.45, 2.75) is 25.7 Å². The zero-order chi connectivity index (χ0) is 17.5. The molecule has 6 nitrogen and oxygen atoms in total. The molecule has 0 spiro atoms. The van der Waals surface area contributed by atoms with Crippen LogP contribution in [0.2, 0.25) is 0 Å². The van der Waals surface area contributed by atoms with E-state index < -0.39 is 0 Å². The Hall–Kier alpha value is -2.21. The van der Waals surface area contributed by atoms with Gasteiger partial charge in [0.15, 0.2) is 0 Å². The van der Waals surface area contributed by atoms with E-state index in [-0.39, 0.29) is 17.4 Å². The second kappa shape index (κ2) is 8.59. The van der Waals surface area contributed by atoms with E-state index in [0.717, 1.165) is 31.6 Å². The minimum atomic E-state index is -0.0976. The van der Waals surface area contributed by atoms with Crippen molar-refractivity contribution in [2.24, 2.45) is 0 Å². The highest BCUT2D eigenvalue weighted by Gasteiger charge is 2.24. The maximum atomic E-state index is 12.4. The van der Waals surface area contributed by atoms with Crippen molar-refractivity contribution in [1.29, 1.82) is 0 Å². The first-order valence-electron chi connectivity index (χ1n) is 8.33. The maximum Gasteiger partial charge on any atom is 0.251 e. The van der Waals surface area contributed by atoms with E-state index in [9.17, 15) is 9.59 Å². The van der Waals surface area contributed by atoms with E-state index >= 15 is 0 Å². The zero-order valence-corrected chi connectivity index (χ0v) is 14.3. The molecule has 24 heavy (non-hydrogen) atoms. The largest absolute Gasteiger partial charge is 0.334 e. The van der Waals surface area contributed by atoms with Gasteiger partial charge in [0.1, 0.15) is 5.82 Å². The third-order valence-corrected chi connectivity index (χ3v) is 4.30. The summed E-state index contributed by atoms with van der Waals surface area (Å²) in [5.74, 6) is 1.03. The van der Waals surface area contributed by atoms with Crippen molar-refractivity contribution in [1.82, 2.24) is 19.8 Å². The second-order valence-electron chi connectivity index (χ2n) is 6.18. The van der Waals surface area contributed by atoms with E-state index in [4.69, 9.17) is 0 Å². The topological polar surface area (TPSA) is 69.3 Å². The molecule has 1 N–H and O–H groups in total. The molecule has 6 heteroatoms. The molecular weight excluding hydrogens is 304 g/mol. The molecule has 130 valence electrons. The molecular formula is C18H26N4O2. The first-order valence-corrected chi connectivity index (χ1v) is 8.33. The number of nitrogens with one attached hydrogen (secondary N) is 1. The summed E-state index contributed by atoms with van der Waals surface area (Å²) >= 11 is 0. The van der Waals surface area contributed by atoms with E-state index in [1.165, 1.54) is 0 Å². The Labute approximate surface area is 142 Å². The minimum absolute atomic E-state index is 0.0957. The smallest absolute Gasteiger partial charge is 0.251 e. The highest BCUT2D eigenvalue weighted by Crippen LogP contribution is 2.25. The molecule has 0 aliphatic carbocycles. The van der Waals surface area contributed by atoms with Crippen LogP contribution in [0.4, 0.5) is 0 Å². The molecule has 1 aromatic rings. The molecule has 1 saturated heterocycles. The summed E-state index contributed by atoms with van der Waals surface area (Å²) < 4.78 is 0. The second-order valence-corrected chi connectivity index (χ2v) is 6.18. The van der Waals surface area contributed by atoms with E-state index in [1.807, 2.05) is 0 Å². The van der Waals surface area contributed by atoms with E-state index in [1.54, 1.807) is 30.0 Å². The van der Waals surface area contributed by atoms with Gasteiger partial charge in [0, 0.05) is 25.1 Å². The average molecular weight is 330 g/mol. The van der Waals surface area contributed by atoms with Crippen LogP contribution in [0.3, 0.4) is 0 Å². The van der Waals surface area contributed by atoms with Crippen molar-refractivity contribution < 1.29 is 4.79 Å². The van der Waals surface area contributed by atoms with Crippen LogP contribution in [0, 0.1) is 6.92 Å². The first-order chi connectivity index (χ1) is 11.5. The fourth-order valence-corrected chi connectivity index (χ4v) is 3.08. The van der Waals surface area contributed by atoms with Crippen LogP contribution in [0.5, 0.6) is 0 Å². The molecule has 0 bridgehead atoms. The van der Waals surface area contributed by atoms with Gasteiger partial charge < -0.3 is 9.88 Å². The molecule has 0 atom stereocenters. The predicted octanol–water partition coefficient (Wildman–Crippen LogP) is 1.46. The number of hydrogen-bond donors (Lipinski definition) is 1. The van der Waals surface area contributed by atoms with Gasteiger partial charge in [-0.25, -0.2) is 4.98 Å². The number of nitrogens with zero attached hydrogens (tertiary/aromatic N) is 3. The molecule has 0 aromatic carbocycles. The molecule has 0 saturated carbocycles. The van der Waals surface area contributed by atoms with Gasteiger partial charge in [-0.15, -0.1) is 13.2 Å². The Bertz CT molecular complexity index is 635. The number of aromatic nitrogens is 2. The summed E-state index contributed by atoms with van der Waals surface area (Å²) in [7, 11) is 0. The number of carbonyl (C=O) groups is 1. The minimum Gasteiger partial charge on any atom is -0.334 e. The molecule has 1 aliphatic heterocycles. The Kier molecular flexibility index (Phi) is 6.49. The summed E-state index contributed by atoms with van der Waals surface area (Å²) in [6.07, 6.45) is 5.28. The van der Waals surface area contributed by atoms with Gasteiger partial charge in [-0.1, -0.05) is 12.2 Å². The van der Waals surface area contributed by atoms with E-state index in [2.05, 4.69) is 28.0 Å². The molecule has 0 unspecified atom stereocenters. The lowest BCUT2D eigenvalue weighted by Crippen LogP contribution is -2.43. The van der Waals surface area contributed by atoms with Crippen LogP contribution < -0.4 is 5.56 Å². The SMILES string of the molecule is C=CCN(CC=C)C(=O)CN1CCC(c2cc(=O)[nH]c(C)n2)CC1. The molecule has 1 aromatic heterocycles. The predicted molar refractivity (Wildman–Crippen MR) is 95.0 cm³/mol. The van der Waals surface area contributed by atoms with Crippen LogP contribution in [0.15, 0.2) is 36.2 Å². The average Bonchev–Trinajstić information content (AvgIpc) is 2.54. The van der Waals surface area contributed by atoms with Crippen molar-refractivity contribution in [3.63, 3.8) is 0 Å². The highest BCUT2D eigenvalue weighted by atomic mass is 16.2. The summed E-state index contributed by atoms with van der Waals surface area (Å²) in [6.45, 7) is 12.3. The third kappa shape index (κ3) is 4.89. The number of amides is 1. The number of likely N-dealkylation sites (tertiary alicyclic amines) is 1. The Morgan fingerprint density at radius 1 is 1.38 bits per heavy atom. The molecule has 2 heterocycles. The fourth-order valence-electron chi connectivity index (χ4n) is 3.08. The number of carbonyl (C=O) groups excluding carboxylic acids is 1. The Balaban J connectivity index is 1.90. The third-order valence-electron chi connectivity index (χ3n) is 4.30. The normalized spacial score (nSPS) is 15.9. The van der Waals surface area contributed by atoms with Gasteiger partial charge in [-0.05, 0) is 32.9 Å². The first kappa shape index (κ1) is 18.1. The quantitative estimate of drug-likeness (QED) is 0.769. The van der Waals surface area contributed by atoms with Gasteiger partial charge in [0.25, 0.3) is 5.56 Å². The lowest BCUT2D eigenvalue weighted by molar-refractivity contribution is -0.131. The number of H-pyrrole nitrogens is 1. The lowest BCUT2D eigenvalue weighted by atomic mass is 9.93. The summed E-state index contributed by atoms with van der Waals surface area (Å²) in [5.41, 5.74) is 0.766. The molecule has 1 fully saturated rings. The molecule has 2 rings (SSSR count). The maximum absolute atomic E-state index is 12.4. The van der Waals surface area contributed by atoms with Crippen LogP contribution in [-0.4, -0.2) is 58.4 Å². The summed E-state index contributed by atoms with van der Waals surface area (Å²) in [6, 6.07) is 1.59. The molecule has 1 aliphatic rings. The Morgan fingerprint density at radius 3 is 2.54 bits per heavy atom. The monoisotopic (exact) mass is 330 g/mol. The summed E-state index contributed by atoms with van der Waals surface area (Å²) in [5, 5.41) is 0. The van der Waals surface area contributed by atoms with Gasteiger partial charge in [0.05, 0.1) is 12.2 Å². The van der Waals surface area contributed by atoms with Crippen molar-refractivity contribution >= 4 is 5.91 Å². The van der Waals surface area contributed by atoms with Crippen LogP contribution >= 0.6 is 0 Å². The van der Waals surface area contributed by atoms with Crippen molar-refractivity contribution in [2.75, 3.05) is 32.7 Å². The molecule has 0 radical (unpaired) electrons. The van der Waals surface area contributed by atoms with Gasteiger partial charge in [-0.3, -0.25) is 14.5 Å². The van der Waals surface area contributed by atoms with Crippen molar-refractivity contribution in [3.05, 3.63) is 53.2 Å². The number of aromatic amines is 1. The zero-order valence-electron chi connectivity index (χ0n) is 14.3. The highest BCUT2D eigenvalue weighted by molar-refractivity contribution is 5.78. The van der Waals surface area contributed by atoms with Crippen LogP contribution in [-0.2, 0) is 4.79 Å².